The highest BCUT2D eigenvalue weighted by Crippen LogP contribution is 2.43. The number of carbonyl (C=O) groups excluding carboxylic acids is 2. The maximum absolute atomic E-state index is 12.5. The van der Waals surface area contributed by atoms with E-state index in [1.807, 2.05) is 25.3 Å². The quantitative estimate of drug-likeness (QED) is 0.692. The van der Waals surface area contributed by atoms with Gasteiger partial charge in [0.2, 0.25) is 5.91 Å². The summed E-state index contributed by atoms with van der Waals surface area (Å²) in [6, 6.07) is 3.82. The van der Waals surface area contributed by atoms with Gasteiger partial charge in [-0.05, 0) is 52.2 Å². The van der Waals surface area contributed by atoms with Crippen LogP contribution >= 0.6 is 0 Å². The number of aliphatic hydroxyl groups is 1. The fraction of sp³-hybridized carbons (Fsp3) is 0.542. The second kappa shape index (κ2) is 9.05. The molecule has 3 heterocycles. The molecular weight excluding hydrogens is 424 g/mol. The maximum atomic E-state index is 12.5. The number of fused-ring (bicyclic) bond motifs is 1. The van der Waals surface area contributed by atoms with E-state index in [0.29, 0.717) is 25.3 Å². The lowest BCUT2D eigenvalue weighted by Gasteiger charge is -2.35. The van der Waals surface area contributed by atoms with Crippen molar-refractivity contribution in [1.29, 1.82) is 0 Å². The second-order valence-electron chi connectivity index (χ2n) is 9.52. The zero-order chi connectivity index (χ0) is 23.8. The van der Waals surface area contributed by atoms with Crippen molar-refractivity contribution in [2.24, 2.45) is 0 Å². The number of methoxy groups -OCH3 is 1. The van der Waals surface area contributed by atoms with Crippen LogP contribution in [0.1, 0.15) is 45.6 Å². The molecule has 0 spiro atoms. The molecule has 2 atom stereocenters. The molecule has 0 saturated carbocycles. The van der Waals surface area contributed by atoms with Gasteiger partial charge in [-0.1, -0.05) is 0 Å². The fourth-order valence-electron chi connectivity index (χ4n) is 4.55. The van der Waals surface area contributed by atoms with E-state index in [9.17, 15) is 14.7 Å². The molecule has 1 saturated heterocycles. The zero-order valence-corrected chi connectivity index (χ0v) is 19.6. The zero-order valence-electron chi connectivity index (χ0n) is 19.6. The molecule has 2 aliphatic heterocycles. The van der Waals surface area contributed by atoms with Gasteiger partial charge in [0.05, 0.1) is 37.2 Å². The monoisotopic (exact) mass is 456 g/mol. The van der Waals surface area contributed by atoms with Crippen molar-refractivity contribution < 1.29 is 24.2 Å². The lowest BCUT2D eigenvalue weighted by Crippen LogP contribution is -2.42. The van der Waals surface area contributed by atoms with Gasteiger partial charge in [0.1, 0.15) is 12.4 Å². The molecule has 2 aromatic rings. The Bertz CT molecular complexity index is 1040. The number of ether oxygens (including phenoxy) is 2. The van der Waals surface area contributed by atoms with Gasteiger partial charge < -0.3 is 19.9 Å². The largest absolute Gasteiger partial charge is 0.490 e. The highest BCUT2D eigenvalue weighted by Gasteiger charge is 2.33. The average Bonchev–Trinajstić information content (AvgIpc) is 3.38. The van der Waals surface area contributed by atoms with Crippen LogP contribution in [0.2, 0.25) is 0 Å². The smallest absolute Gasteiger partial charge is 0.414 e. The van der Waals surface area contributed by atoms with Crippen molar-refractivity contribution in [3.63, 3.8) is 0 Å². The van der Waals surface area contributed by atoms with E-state index in [2.05, 4.69) is 10.4 Å². The molecule has 1 aromatic heterocycles. The highest BCUT2D eigenvalue weighted by molar-refractivity contribution is 5.92. The van der Waals surface area contributed by atoms with E-state index in [0.717, 1.165) is 41.6 Å². The minimum Gasteiger partial charge on any atom is -0.490 e. The van der Waals surface area contributed by atoms with Gasteiger partial charge in [-0.2, -0.15) is 5.10 Å². The number of benzene rings is 1. The lowest BCUT2D eigenvalue weighted by molar-refractivity contribution is -0.119. The van der Waals surface area contributed by atoms with Gasteiger partial charge >= 0.3 is 6.09 Å². The number of hydrogen-bond donors (Lipinski definition) is 2. The van der Waals surface area contributed by atoms with Crippen molar-refractivity contribution in [3.05, 3.63) is 30.1 Å². The Morgan fingerprint density at radius 2 is 2.09 bits per heavy atom. The molecule has 2 N–H and O–H groups in total. The van der Waals surface area contributed by atoms with E-state index >= 15 is 0 Å². The maximum Gasteiger partial charge on any atom is 0.414 e. The molecule has 0 aliphatic carbocycles. The number of amides is 2. The summed E-state index contributed by atoms with van der Waals surface area (Å²) >= 11 is 0. The summed E-state index contributed by atoms with van der Waals surface area (Å²) in [6.07, 6.45) is 6.00. The normalized spacial score (nSPS) is 20.4. The Labute approximate surface area is 193 Å². The molecule has 4 rings (SSSR count). The molecule has 2 aliphatic rings. The fourth-order valence-corrected chi connectivity index (χ4v) is 4.55. The number of nitrogens with zero attached hydrogens (tertiary/aromatic N) is 3. The van der Waals surface area contributed by atoms with Crippen LogP contribution in [0, 0.1) is 0 Å². The van der Waals surface area contributed by atoms with Crippen LogP contribution in [0.5, 0.6) is 5.75 Å². The molecular formula is C24H32N4O5. The van der Waals surface area contributed by atoms with Crippen molar-refractivity contribution in [2.45, 2.75) is 70.7 Å². The molecule has 178 valence electrons. The van der Waals surface area contributed by atoms with Gasteiger partial charge in [0.25, 0.3) is 0 Å². The molecule has 2 amide bonds. The first-order valence-corrected chi connectivity index (χ1v) is 11.4. The van der Waals surface area contributed by atoms with E-state index in [1.54, 1.807) is 29.6 Å². The Morgan fingerprint density at radius 1 is 1.30 bits per heavy atom. The van der Waals surface area contributed by atoms with Crippen LogP contribution in [0.25, 0.3) is 11.1 Å². The summed E-state index contributed by atoms with van der Waals surface area (Å²) < 4.78 is 13.1. The molecule has 1 aromatic carbocycles. The van der Waals surface area contributed by atoms with Gasteiger partial charge in [0.15, 0.2) is 0 Å². The summed E-state index contributed by atoms with van der Waals surface area (Å²) in [4.78, 5) is 25.8. The molecule has 2 unspecified atom stereocenters. The SMILES string of the molecule is COC(=O)N1c2ccc(-c3cnn(CC(C)(C)O)c3)c(OCC3CCC(=O)N3)c2CCC1C. The van der Waals surface area contributed by atoms with Gasteiger partial charge in [-0.25, -0.2) is 4.79 Å². The number of nitrogens with one attached hydrogen (secondary N) is 1. The van der Waals surface area contributed by atoms with E-state index in [4.69, 9.17) is 9.47 Å². The van der Waals surface area contributed by atoms with Crippen molar-refractivity contribution in [2.75, 3.05) is 18.6 Å². The second-order valence-corrected chi connectivity index (χ2v) is 9.52. The number of aromatic nitrogens is 2. The van der Waals surface area contributed by atoms with E-state index in [-0.39, 0.29) is 18.0 Å². The summed E-state index contributed by atoms with van der Waals surface area (Å²) in [6.45, 7) is 6.18. The van der Waals surface area contributed by atoms with Gasteiger partial charge in [-0.3, -0.25) is 14.4 Å². The average molecular weight is 457 g/mol. The molecule has 1 fully saturated rings. The Kier molecular flexibility index (Phi) is 6.34. The molecule has 9 heteroatoms. The van der Waals surface area contributed by atoms with Crippen molar-refractivity contribution in [3.8, 4) is 16.9 Å². The minimum atomic E-state index is -0.893. The van der Waals surface area contributed by atoms with Gasteiger partial charge in [0, 0.05) is 35.3 Å². The topological polar surface area (TPSA) is 106 Å². The van der Waals surface area contributed by atoms with Crippen LogP contribution in [0.15, 0.2) is 24.5 Å². The van der Waals surface area contributed by atoms with Crippen LogP contribution < -0.4 is 15.0 Å². The highest BCUT2D eigenvalue weighted by atomic mass is 16.5. The third kappa shape index (κ3) is 4.98. The lowest BCUT2D eigenvalue weighted by atomic mass is 9.92. The van der Waals surface area contributed by atoms with Crippen LogP contribution in [0.4, 0.5) is 10.5 Å². The Hall–Kier alpha value is -3.07. The number of rotatable bonds is 6. The van der Waals surface area contributed by atoms with E-state index in [1.165, 1.54) is 7.11 Å². The Morgan fingerprint density at radius 3 is 2.76 bits per heavy atom. The molecule has 0 radical (unpaired) electrons. The first kappa shape index (κ1) is 23.1. The van der Waals surface area contributed by atoms with Crippen LogP contribution in [-0.4, -0.2) is 58.3 Å². The van der Waals surface area contributed by atoms with Crippen molar-refractivity contribution >= 4 is 17.7 Å². The first-order valence-electron chi connectivity index (χ1n) is 11.4. The molecule has 0 bridgehead atoms. The molecule has 9 nitrogen and oxygen atoms in total. The van der Waals surface area contributed by atoms with E-state index < -0.39 is 11.7 Å². The third-order valence-corrected chi connectivity index (χ3v) is 6.13. The summed E-state index contributed by atoms with van der Waals surface area (Å²) in [5.41, 5.74) is 2.54. The van der Waals surface area contributed by atoms with Crippen LogP contribution in [0.3, 0.4) is 0 Å². The van der Waals surface area contributed by atoms with Crippen LogP contribution in [-0.2, 0) is 22.5 Å². The number of anilines is 1. The minimum absolute atomic E-state index is 0.00676. The number of carbonyl (C=O) groups is 2. The number of hydrogen-bond acceptors (Lipinski definition) is 6. The summed E-state index contributed by atoms with van der Waals surface area (Å²) in [5, 5.41) is 17.5. The summed E-state index contributed by atoms with van der Waals surface area (Å²) in [7, 11) is 1.38. The first-order chi connectivity index (χ1) is 15.7. The predicted octanol–water partition coefficient (Wildman–Crippen LogP) is 2.89. The Balaban J connectivity index is 1.73. The van der Waals surface area contributed by atoms with Crippen molar-refractivity contribution in [1.82, 2.24) is 15.1 Å². The van der Waals surface area contributed by atoms with Gasteiger partial charge in [-0.15, -0.1) is 0 Å². The predicted molar refractivity (Wildman–Crippen MR) is 123 cm³/mol. The third-order valence-electron chi connectivity index (χ3n) is 6.13. The standard InChI is InChI=1S/C24H32N4O5/c1-15-5-7-19-20(28(15)23(30)32-4)9-8-18(16-11-25-27(12-16)14-24(2,3)31)22(19)33-13-17-6-10-21(29)26-17/h8-9,11-12,15,17,31H,5-7,10,13-14H2,1-4H3,(H,26,29). The summed E-state index contributed by atoms with van der Waals surface area (Å²) in [5.74, 6) is 0.731. The molecule has 33 heavy (non-hydrogen) atoms.